The molecule has 0 aliphatic rings. The van der Waals surface area contributed by atoms with Crippen molar-refractivity contribution in [1.82, 2.24) is 0 Å². The molecule has 0 aromatic heterocycles. The van der Waals surface area contributed by atoms with Crippen molar-refractivity contribution in [2.24, 2.45) is 0 Å². The predicted octanol–water partition coefficient (Wildman–Crippen LogP) is -0.677. The smallest absolute Gasteiger partial charge is 0.569 e. The van der Waals surface area contributed by atoms with Crippen LogP contribution in [-0.4, -0.2) is 10.6 Å². The SMILES string of the molecule is O.[Au+].[CH2-]O. The van der Waals surface area contributed by atoms with Crippen LogP contribution in [0.3, 0.4) is 0 Å². The van der Waals surface area contributed by atoms with Gasteiger partial charge in [-0.1, -0.05) is 0 Å². The Bertz CT molecular complexity index is 6.00. The summed E-state index contributed by atoms with van der Waals surface area (Å²) in [6, 6.07) is 0. The average Bonchev–Trinajstić information content (AvgIpc) is 1.00. The number of aliphatic hydroxyl groups is 1. The molecule has 0 aromatic carbocycles. The summed E-state index contributed by atoms with van der Waals surface area (Å²) in [5, 5.41) is 6.75. The van der Waals surface area contributed by atoms with Crippen LogP contribution in [0, 0.1) is 7.11 Å². The molecule has 0 aromatic rings. The Hall–Kier alpha value is 0.660. The van der Waals surface area contributed by atoms with Crippen LogP contribution in [0.1, 0.15) is 0 Å². The third kappa shape index (κ3) is 16.8. The molecule has 2 nitrogen and oxygen atoms in total. The first kappa shape index (κ1) is 22.7. The van der Waals surface area contributed by atoms with Gasteiger partial charge in [-0.05, 0) is 0 Å². The molecule has 0 unspecified atom stereocenters. The molecule has 3 N–H and O–H groups in total. The van der Waals surface area contributed by atoms with Crippen LogP contribution in [0.25, 0.3) is 0 Å². The van der Waals surface area contributed by atoms with Gasteiger partial charge < -0.3 is 10.6 Å². The van der Waals surface area contributed by atoms with E-state index in [0.29, 0.717) is 0 Å². The Balaban J connectivity index is -0.00000000500. The van der Waals surface area contributed by atoms with Gasteiger partial charge in [-0.25, -0.2) is 7.11 Å². The van der Waals surface area contributed by atoms with Crippen molar-refractivity contribution >= 4 is 0 Å². The monoisotopic (exact) mass is 246 g/mol. The Labute approximate surface area is 40.6 Å². The molecule has 0 heterocycles. The first-order chi connectivity index (χ1) is 1.00. The van der Waals surface area contributed by atoms with Crippen molar-refractivity contribution in [3.63, 3.8) is 0 Å². The average molecular weight is 246 g/mol. The third-order valence-corrected chi connectivity index (χ3v) is 0. The van der Waals surface area contributed by atoms with E-state index in [1.54, 1.807) is 0 Å². The zero-order chi connectivity index (χ0) is 2.00. The second-order valence-electron chi connectivity index (χ2n) is 0. The number of hydrogen-bond donors (Lipinski definition) is 1. The molecule has 3 heteroatoms. The van der Waals surface area contributed by atoms with Gasteiger partial charge in [-0.2, -0.15) is 0 Å². The van der Waals surface area contributed by atoms with Crippen LogP contribution in [0.2, 0.25) is 0 Å². The fraction of sp³-hybridized carbons (Fsp3) is 0. The minimum atomic E-state index is 0. The fourth-order valence-corrected chi connectivity index (χ4v) is 0. The first-order valence-electron chi connectivity index (χ1n) is 0.316. The molecule has 0 fully saturated rings. The zero-order valence-corrected chi connectivity index (χ0v) is 4.12. The maximum atomic E-state index is 6.75. The quantitative estimate of drug-likeness (QED) is 0.447. The summed E-state index contributed by atoms with van der Waals surface area (Å²) < 4.78 is 0. The predicted molar refractivity (Wildman–Crippen MR) is 10.9 cm³/mol. The molecule has 4 heavy (non-hydrogen) atoms. The molecule has 0 aliphatic heterocycles. The molecule has 0 aliphatic carbocycles. The fourth-order valence-electron chi connectivity index (χ4n) is 0. The molecule has 0 spiro atoms. The molecule has 0 atom stereocenters. The van der Waals surface area contributed by atoms with Crippen molar-refractivity contribution in [3.05, 3.63) is 7.11 Å². The minimum absolute atomic E-state index is 0. The van der Waals surface area contributed by atoms with Crippen LogP contribution in [0.4, 0.5) is 0 Å². The molecular weight excluding hydrogens is 241 g/mol. The van der Waals surface area contributed by atoms with Gasteiger partial charge in [-0.15, -0.1) is 0 Å². The van der Waals surface area contributed by atoms with Gasteiger partial charge in [0.05, 0.1) is 0 Å². The van der Waals surface area contributed by atoms with Crippen molar-refractivity contribution in [2.75, 3.05) is 0 Å². The van der Waals surface area contributed by atoms with E-state index in [1.165, 1.54) is 0 Å². The molecule has 32 valence electrons. The minimum Gasteiger partial charge on any atom is -0.569 e. The van der Waals surface area contributed by atoms with Gasteiger partial charge in [0.25, 0.3) is 0 Å². The Morgan fingerprint density at radius 1 is 1.25 bits per heavy atom. The largest absolute Gasteiger partial charge is 1.00 e. The summed E-state index contributed by atoms with van der Waals surface area (Å²) in [7, 11) is 2.25. The molecule has 0 amide bonds. The Morgan fingerprint density at radius 3 is 1.25 bits per heavy atom. The zero-order valence-electron chi connectivity index (χ0n) is 1.96. The van der Waals surface area contributed by atoms with E-state index in [1.807, 2.05) is 0 Å². The van der Waals surface area contributed by atoms with Gasteiger partial charge in [0.2, 0.25) is 0 Å². The van der Waals surface area contributed by atoms with Gasteiger partial charge in [0.1, 0.15) is 0 Å². The first-order valence-corrected chi connectivity index (χ1v) is 0.316. The van der Waals surface area contributed by atoms with E-state index >= 15 is 0 Å². The standard InChI is InChI=1S/CH3O.Au.H2O/c1-2;;/h2H,1H2;;1H2/q-1;+1;. The van der Waals surface area contributed by atoms with Gasteiger partial charge in [0.15, 0.2) is 0 Å². The topological polar surface area (TPSA) is 51.7 Å². The van der Waals surface area contributed by atoms with Crippen molar-refractivity contribution in [3.8, 4) is 0 Å². The normalized spacial score (nSPS) is 1.50. The Morgan fingerprint density at radius 2 is 1.25 bits per heavy atom. The van der Waals surface area contributed by atoms with E-state index < -0.39 is 0 Å². The summed E-state index contributed by atoms with van der Waals surface area (Å²) in [4.78, 5) is 0. The Kier molecular flexibility index (Phi) is 336. The van der Waals surface area contributed by atoms with Crippen molar-refractivity contribution in [1.29, 1.82) is 0 Å². The van der Waals surface area contributed by atoms with E-state index in [0.717, 1.165) is 0 Å². The van der Waals surface area contributed by atoms with Crippen LogP contribution < -0.4 is 0 Å². The van der Waals surface area contributed by atoms with Crippen LogP contribution in [0.5, 0.6) is 0 Å². The van der Waals surface area contributed by atoms with E-state index in [-0.39, 0.29) is 27.9 Å². The van der Waals surface area contributed by atoms with E-state index in [4.69, 9.17) is 5.11 Å². The van der Waals surface area contributed by atoms with Gasteiger partial charge >= 0.3 is 22.4 Å². The molecule has 0 saturated carbocycles. The molecule has 0 bridgehead atoms. The van der Waals surface area contributed by atoms with Crippen molar-refractivity contribution in [2.45, 2.75) is 0 Å². The maximum Gasteiger partial charge on any atom is 1.00 e. The third-order valence-electron chi connectivity index (χ3n) is 0. The molecule has 0 rings (SSSR count). The molecule has 0 radical (unpaired) electrons. The maximum absolute atomic E-state index is 6.75. The molecular formula is CH5AuO2. The van der Waals surface area contributed by atoms with Crippen LogP contribution in [-0.2, 0) is 22.4 Å². The van der Waals surface area contributed by atoms with Gasteiger partial charge in [-0.3, -0.25) is 0 Å². The molecule has 0 saturated heterocycles. The summed E-state index contributed by atoms with van der Waals surface area (Å²) in [5.74, 6) is 0. The number of hydrogen-bond acceptors (Lipinski definition) is 1. The second kappa shape index (κ2) is 59.4. The van der Waals surface area contributed by atoms with E-state index in [9.17, 15) is 0 Å². The summed E-state index contributed by atoms with van der Waals surface area (Å²) >= 11 is 0. The number of rotatable bonds is 0. The summed E-state index contributed by atoms with van der Waals surface area (Å²) in [6.45, 7) is 0. The summed E-state index contributed by atoms with van der Waals surface area (Å²) in [6.07, 6.45) is 0. The van der Waals surface area contributed by atoms with Crippen molar-refractivity contribution < 1.29 is 33.0 Å². The summed E-state index contributed by atoms with van der Waals surface area (Å²) in [5.41, 5.74) is 0. The number of aliphatic hydroxyl groups excluding tert-OH is 1. The second-order valence-corrected chi connectivity index (χ2v) is 0. The van der Waals surface area contributed by atoms with Crippen LogP contribution >= 0.6 is 0 Å². The van der Waals surface area contributed by atoms with Gasteiger partial charge in [0, 0.05) is 0 Å². The van der Waals surface area contributed by atoms with E-state index in [2.05, 4.69) is 7.11 Å². The van der Waals surface area contributed by atoms with Crippen LogP contribution in [0.15, 0.2) is 0 Å².